The number of hydrogen-bond donors (Lipinski definition) is 1. The molecule has 132 valence electrons. The number of carbonyl (C=O) groups is 2. The molecule has 0 aliphatic rings. The van der Waals surface area contributed by atoms with Crippen molar-refractivity contribution in [3.8, 4) is 0 Å². The lowest BCUT2D eigenvalue weighted by Crippen LogP contribution is -2.30. The van der Waals surface area contributed by atoms with E-state index in [1.807, 2.05) is 52.0 Å². The minimum atomic E-state index is -0.873. The molecule has 0 aliphatic carbocycles. The summed E-state index contributed by atoms with van der Waals surface area (Å²) in [4.78, 5) is 26.3. The molecular formula is C20H23NO3S. The van der Waals surface area contributed by atoms with Crippen molar-refractivity contribution >= 4 is 35.0 Å². The quantitative estimate of drug-likeness (QED) is 0.630. The molecule has 25 heavy (non-hydrogen) atoms. The molecule has 5 heteroatoms. The predicted molar refractivity (Wildman–Crippen MR) is 103 cm³/mol. The van der Waals surface area contributed by atoms with Gasteiger partial charge in [-0.25, -0.2) is 4.79 Å². The van der Waals surface area contributed by atoms with Crippen LogP contribution in [0.25, 0.3) is 6.08 Å². The Morgan fingerprint density at radius 2 is 1.76 bits per heavy atom. The number of anilines is 1. The van der Waals surface area contributed by atoms with E-state index in [-0.39, 0.29) is 5.91 Å². The molecule has 1 N–H and O–H groups in total. The molecular weight excluding hydrogens is 334 g/mol. The van der Waals surface area contributed by atoms with Gasteiger partial charge in [0.1, 0.15) is 0 Å². The first kappa shape index (κ1) is 18.9. The maximum absolute atomic E-state index is 12.3. The van der Waals surface area contributed by atoms with Crippen LogP contribution in [0.1, 0.15) is 33.4 Å². The van der Waals surface area contributed by atoms with Gasteiger partial charge in [0.15, 0.2) is 6.10 Å². The van der Waals surface area contributed by atoms with Crippen molar-refractivity contribution < 1.29 is 14.3 Å². The highest BCUT2D eigenvalue weighted by atomic mass is 32.1. The van der Waals surface area contributed by atoms with Gasteiger partial charge in [-0.3, -0.25) is 4.79 Å². The fourth-order valence-electron chi connectivity index (χ4n) is 2.56. The fourth-order valence-corrected chi connectivity index (χ4v) is 3.34. The molecule has 2 aromatic rings. The molecule has 0 saturated carbocycles. The first-order chi connectivity index (χ1) is 11.8. The minimum absolute atomic E-state index is 0.344. The van der Waals surface area contributed by atoms with Crippen LogP contribution in [0.3, 0.4) is 0 Å². The Bertz CT molecular complexity index is 797. The third-order valence-corrected chi connectivity index (χ3v) is 4.70. The summed E-state index contributed by atoms with van der Waals surface area (Å²) >= 11 is 1.59. The van der Waals surface area contributed by atoms with Crippen molar-refractivity contribution in [2.75, 3.05) is 5.32 Å². The second-order valence-corrected chi connectivity index (χ2v) is 7.44. The van der Waals surface area contributed by atoms with Gasteiger partial charge in [0.05, 0.1) is 0 Å². The number of carbonyl (C=O) groups excluding carboxylic acids is 2. The topological polar surface area (TPSA) is 55.4 Å². The maximum Gasteiger partial charge on any atom is 0.331 e. The van der Waals surface area contributed by atoms with Crippen molar-refractivity contribution in [1.29, 1.82) is 0 Å². The van der Waals surface area contributed by atoms with Gasteiger partial charge in [0.25, 0.3) is 5.91 Å². The van der Waals surface area contributed by atoms with E-state index in [4.69, 9.17) is 4.74 Å². The predicted octanol–water partition coefficient (Wildman–Crippen LogP) is 4.57. The van der Waals surface area contributed by atoms with Gasteiger partial charge in [-0.2, -0.15) is 0 Å². The third-order valence-electron chi connectivity index (χ3n) is 3.73. The van der Waals surface area contributed by atoms with Crippen LogP contribution in [-0.4, -0.2) is 18.0 Å². The monoisotopic (exact) mass is 357 g/mol. The average molecular weight is 357 g/mol. The van der Waals surface area contributed by atoms with E-state index in [1.54, 1.807) is 24.3 Å². The van der Waals surface area contributed by atoms with E-state index in [0.29, 0.717) is 0 Å². The van der Waals surface area contributed by atoms with Gasteiger partial charge in [0, 0.05) is 21.5 Å². The van der Waals surface area contributed by atoms with Gasteiger partial charge >= 0.3 is 5.97 Å². The summed E-state index contributed by atoms with van der Waals surface area (Å²) < 4.78 is 5.18. The van der Waals surface area contributed by atoms with Crippen molar-refractivity contribution in [3.63, 3.8) is 0 Å². The van der Waals surface area contributed by atoms with Crippen LogP contribution in [0, 0.1) is 27.7 Å². The fraction of sp³-hybridized carbons (Fsp3) is 0.300. The zero-order valence-electron chi connectivity index (χ0n) is 15.2. The largest absolute Gasteiger partial charge is 0.449 e. The van der Waals surface area contributed by atoms with E-state index in [1.165, 1.54) is 11.0 Å². The lowest BCUT2D eigenvalue weighted by molar-refractivity contribution is -0.148. The lowest BCUT2D eigenvalue weighted by atomic mass is 10.0. The van der Waals surface area contributed by atoms with E-state index < -0.39 is 12.1 Å². The summed E-state index contributed by atoms with van der Waals surface area (Å²) in [5, 5.41) is 2.85. The number of ether oxygens (including phenoxy) is 1. The zero-order chi connectivity index (χ0) is 18.6. The average Bonchev–Trinajstić information content (AvgIpc) is 2.94. The molecule has 2 rings (SSSR count). The zero-order valence-corrected chi connectivity index (χ0v) is 16.0. The lowest BCUT2D eigenvalue weighted by Gasteiger charge is -2.16. The molecule has 1 heterocycles. The van der Waals surface area contributed by atoms with Gasteiger partial charge in [-0.15, -0.1) is 11.3 Å². The number of hydrogen-bond acceptors (Lipinski definition) is 4. The summed E-state index contributed by atoms with van der Waals surface area (Å²) in [6, 6.07) is 7.93. The highest BCUT2D eigenvalue weighted by molar-refractivity contribution is 7.12. The number of rotatable bonds is 5. The van der Waals surface area contributed by atoms with E-state index >= 15 is 0 Å². The second-order valence-electron chi connectivity index (χ2n) is 6.12. The van der Waals surface area contributed by atoms with Crippen molar-refractivity contribution in [2.45, 2.75) is 40.7 Å². The number of benzene rings is 1. The van der Waals surface area contributed by atoms with E-state index in [0.717, 1.165) is 27.3 Å². The van der Waals surface area contributed by atoms with Crippen LogP contribution in [0.15, 0.2) is 30.3 Å². The standard InChI is InChI=1S/C20H23NO3S/c1-12-10-13(2)19(14(3)11-12)21-20(23)16(5)24-18(22)9-8-17-7-6-15(4)25-17/h6-11,16H,1-5H3,(H,21,23)/b9-8+. The molecule has 0 radical (unpaired) electrons. The molecule has 0 spiro atoms. The van der Waals surface area contributed by atoms with Crippen LogP contribution in [0.2, 0.25) is 0 Å². The summed E-state index contributed by atoms with van der Waals surface area (Å²) in [5.41, 5.74) is 3.87. The molecule has 0 saturated heterocycles. The summed E-state index contributed by atoms with van der Waals surface area (Å²) in [6.45, 7) is 9.46. The molecule has 0 aliphatic heterocycles. The number of esters is 1. The van der Waals surface area contributed by atoms with Crippen LogP contribution in [0.4, 0.5) is 5.69 Å². The Morgan fingerprint density at radius 1 is 1.12 bits per heavy atom. The molecule has 1 amide bonds. The highest BCUT2D eigenvalue weighted by Gasteiger charge is 2.18. The van der Waals surface area contributed by atoms with Crippen LogP contribution < -0.4 is 5.32 Å². The molecule has 1 aromatic carbocycles. The molecule has 1 unspecified atom stereocenters. The molecule has 4 nitrogen and oxygen atoms in total. The molecule has 0 bridgehead atoms. The molecule has 1 atom stereocenters. The van der Waals surface area contributed by atoms with E-state index in [2.05, 4.69) is 5.32 Å². The van der Waals surface area contributed by atoms with Crippen LogP contribution in [-0.2, 0) is 14.3 Å². The van der Waals surface area contributed by atoms with Crippen LogP contribution >= 0.6 is 11.3 Å². The van der Waals surface area contributed by atoms with E-state index in [9.17, 15) is 9.59 Å². The third kappa shape index (κ3) is 5.29. The Kier molecular flexibility index (Phi) is 6.15. The Labute approximate surface area is 152 Å². The van der Waals surface area contributed by atoms with Gasteiger partial charge in [-0.1, -0.05) is 17.7 Å². The van der Waals surface area contributed by atoms with Crippen molar-refractivity contribution in [1.82, 2.24) is 0 Å². The smallest absolute Gasteiger partial charge is 0.331 e. The van der Waals surface area contributed by atoms with Crippen LogP contribution in [0.5, 0.6) is 0 Å². The SMILES string of the molecule is Cc1cc(C)c(NC(=O)C(C)OC(=O)/C=C/c2ccc(C)s2)c(C)c1. The number of nitrogens with one attached hydrogen (secondary N) is 1. The summed E-state index contributed by atoms with van der Waals surface area (Å²) in [7, 11) is 0. The van der Waals surface area contributed by atoms with Gasteiger partial charge in [-0.05, 0) is 64.0 Å². The first-order valence-electron chi connectivity index (χ1n) is 8.10. The molecule has 0 fully saturated rings. The molecule has 1 aromatic heterocycles. The number of amides is 1. The van der Waals surface area contributed by atoms with Crippen molar-refractivity contribution in [3.05, 3.63) is 56.8 Å². The summed E-state index contributed by atoms with van der Waals surface area (Å²) in [5.74, 6) is -0.880. The number of aryl methyl sites for hydroxylation is 4. The second kappa shape index (κ2) is 8.12. The Morgan fingerprint density at radius 3 is 2.32 bits per heavy atom. The van der Waals surface area contributed by atoms with Crippen molar-refractivity contribution in [2.24, 2.45) is 0 Å². The minimum Gasteiger partial charge on any atom is -0.449 e. The van der Waals surface area contributed by atoms with Gasteiger partial charge < -0.3 is 10.1 Å². The number of thiophene rings is 1. The maximum atomic E-state index is 12.3. The highest BCUT2D eigenvalue weighted by Crippen LogP contribution is 2.22. The first-order valence-corrected chi connectivity index (χ1v) is 8.91. The Balaban J connectivity index is 1.96. The summed E-state index contributed by atoms with van der Waals surface area (Å²) in [6.07, 6.45) is 2.17. The van der Waals surface area contributed by atoms with Gasteiger partial charge in [0.2, 0.25) is 0 Å². The normalized spacial score (nSPS) is 12.2. The Hall–Kier alpha value is -2.40.